The SMILES string of the molecule is CCCCCCC1=[C]C(CCCCCC)(CCCCCC)C(CCCCCC)=C1CCCCCC. The molecule has 0 saturated heterocycles. The topological polar surface area (TPSA) is 0 Å². The third-order valence-corrected chi connectivity index (χ3v) is 8.45. The fraction of sp³-hybridized carbons (Fsp3) is 0.886. The molecule has 0 heteroatoms. The molecule has 0 atom stereocenters. The van der Waals surface area contributed by atoms with Gasteiger partial charge in [-0.15, -0.1) is 0 Å². The van der Waals surface area contributed by atoms with E-state index in [1.807, 2.05) is 11.1 Å². The van der Waals surface area contributed by atoms with Crippen molar-refractivity contribution in [3.8, 4) is 0 Å². The van der Waals surface area contributed by atoms with Gasteiger partial charge in [0.25, 0.3) is 0 Å². The summed E-state index contributed by atoms with van der Waals surface area (Å²) in [5.41, 5.74) is 5.69. The number of unbranched alkanes of at least 4 members (excludes halogenated alkanes) is 15. The maximum atomic E-state index is 4.36. The maximum absolute atomic E-state index is 4.36. The zero-order valence-electron chi connectivity index (χ0n) is 25.2. The molecule has 1 aliphatic carbocycles. The van der Waals surface area contributed by atoms with Crippen molar-refractivity contribution in [2.45, 2.75) is 195 Å². The molecule has 0 unspecified atom stereocenters. The third kappa shape index (κ3) is 13.0. The average molecular weight is 486 g/mol. The molecule has 205 valence electrons. The summed E-state index contributed by atoms with van der Waals surface area (Å²) in [6.07, 6.45) is 38.8. The van der Waals surface area contributed by atoms with E-state index in [1.165, 1.54) is 161 Å². The zero-order chi connectivity index (χ0) is 25.6. The van der Waals surface area contributed by atoms with Crippen molar-refractivity contribution in [1.29, 1.82) is 0 Å². The van der Waals surface area contributed by atoms with Crippen molar-refractivity contribution in [2.24, 2.45) is 5.41 Å². The van der Waals surface area contributed by atoms with E-state index in [9.17, 15) is 0 Å². The Bertz CT molecular complexity index is 536. The van der Waals surface area contributed by atoms with Crippen LogP contribution in [-0.4, -0.2) is 0 Å². The first-order valence-corrected chi connectivity index (χ1v) is 16.6. The van der Waals surface area contributed by atoms with Crippen molar-refractivity contribution < 1.29 is 0 Å². The van der Waals surface area contributed by atoms with Crippen LogP contribution >= 0.6 is 0 Å². The molecule has 0 spiro atoms. The summed E-state index contributed by atoms with van der Waals surface area (Å²) in [4.78, 5) is 0. The summed E-state index contributed by atoms with van der Waals surface area (Å²) >= 11 is 0. The molecule has 0 aromatic carbocycles. The molecule has 0 nitrogen and oxygen atoms in total. The molecule has 0 aliphatic heterocycles. The summed E-state index contributed by atoms with van der Waals surface area (Å²) in [7, 11) is 0. The maximum Gasteiger partial charge on any atom is 0.0173 e. The number of rotatable bonds is 25. The van der Waals surface area contributed by atoms with E-state index in [1.54, 1.807) is 5.57 Å². The molecule has 0 aromatic heterocycles. The Kier molecular flexibility index (Phi) is 20.0. The first-order valence-electron chi connectivity index (χ1n) is 16.6. The van der Waals surface area contributed by atoms with Crippen LogP contribution in [0.25, 0.3) is 0 Å². The van der Waals surface area contributed by atoms with Crippen molar-refractivity contribution in [2.75, 3.05) is 0 Å². The Labute approximate surface area is 223 Å². The molecular weight excluding hydrogens is 420 g/mol. The summed E-state index contributed by atoms with van der Waals surface area (Å²) in [6, 6.07) is 0. The second kappa shape index (κ2) is 21.6. The van der Waals surface area contributed by atoms with Gasteiger partial charge in [0.2, 0.25) is 0 Å². The van der Waals surface area contributed by atoms with Gasteiger partial charge < -0.3 is 0 Å². The highest BCUT2D eigenvalue weighted by Crippen LogP contribution is 2.52. The van der Waals surface area contributed by atoms with Crippen LogP contribution in [0.5, 0.6) is 0 Å². The fourth-order valence-electron chi connectivity index (χ4n) is 6.26. The monoisotopic (exact) mass is 486 g/mol. The lowest BCUT2D eigenvalue weighted by molar-refractivity contribution is 0.333. The largest absolute Gasteiger partial charge is 0.0654 e. The third-order valence-electron chi connectivity index (χ3n) is 8.45. The summed E-state index contributed by atoms with van der Waals surface area (Å²) in [5, 5.41) is 0. The van der Waals surface area contributed by atoms with Crippen LogP contribution in [-0.2, 0) is 0 Å². The van der Waals surface area contributed by atoms with Crippen LogP contribution in [0.15, 0.2) is 16.7 Å². The fourth-order valence-corrected chi connectivity index (χ4v) is 6.26. The summed E-state index contributed by atoms with van der Waals surface area (Å²) < 4.78 is 0. The molecule has 0 heterocycles. The predicted octanol–water partition coefficient (Wildman–Crippen LogP) is 12.9. The van der Waals surface area contributed by atoms with E-state index >= 15 is 0 Å². The van der Waals surface area contributed by atoms with Crippen LogP contribution in [0.2, 0.25) is 0 Å². The molecule has 0 amide bonds. The molecule has 35 heavy (non-hydrogen) atoms. The lowest BCUT2D eigenvalue weighted by Crippen LogP contribution is -2.21. The van der Waals surface area contributed by atoms with Gasteiger partial charge in [-0.1, -0.05) is 149 Å². The van der Waals surface area contributed by atoms with E-state index in [2.05, 4.69) is 40.7 Å². The number of allylic oxidation sites excluding steroid dienone is 4. The van der Waals surface area contributed by atoms with Gasteiger partial charge in [0.1, 0.15) is 0 Å². The van der Waals surface area contributed by atoms with Crippen molar-refractivity contribution in [1.82, 2.24) is 0 Å². The second-order valence-electron chi connectivity index (χ2n) is 11.7. The highest BCUT2D eigenvalue weighted by molar-refractivity contribution is 5.46. The molecule has 0 saturated carbocycles. The Morgan fingerprint density at radius 3 is 1.29 bits per heavy atom. The molecule has 1 rings (SSSR count). The van der Waals surface area contributed by atoms with Crippen LogP contribution in [0, 0.1) is 11.5 Å². The minimum atomic E-state index is 0.286. The van der Waals surface area contributed by atoms with Gasteiger partial charge in [-0.3, -0.25) is 0 Å². The van der Waals surface area contributed by atoms with Crippen LogP contribution in [0.4, 0.5) is 0 Å². The van der Waals surface area contributed by atoms with Crippen LogP contribution < -0.4 is 0 Å². The molecular formula is C35H65. The van der Waals surface area contributed by atoms with E-state index in [0.717, 1.165) is 0 Å². The van der Waals surface area contributed by atoms with E-state index in [4.69, 9.17) is 0 Å². The molecule has 0 aromatic rings. The van der Waals surface area contributed by atoms with Gasteiger partial charge in [-0.2, -0.15) is 0 Å². The van der Waals surface area contributed by atoms with Gasteiger partial charge in [0, 0.05) is 5.41 Å². The predicted molar refractivity (Wildman–Crippen MR) is 160 cm³/mol. The lowest BCUT2D eigenvalue weighted by atomic mass is 9.71. The quantitative estimate of drug-likeness (QED) is 0.113. The van der Waals surface area contributed by atoms with Crippen LogP contribution in [0.3, 0.4) is 0 Å². The van der Waals surface area contributed by atoms with Crippen molar-refractivity contribution in [3.63, 3.8) is 0 Å². The Balaban J connectivity index is 3.22. The first kappa shape index (κ1) is 32.5. The molecule has 0 N–H and O–H groups in total. The zero-order valence-corrected chi connectivity index (χ0v) is 25.2. The van der Waals surface area contributed by atoms with E-state index in [0.29, 0.717) is 0 Å². The average Bonchev–Trinajstić information content (AvgIpc) is 3.15. The minimum Gasteiger partial charge on any atom is -0.0654 e. The van der Waals surface area contributed by atoms with Gasteiger partial charge >= 0.3 is 0 Å². The normalized spacial score (nSPS) is 15.3. The number of hydrogen-bond acceptors (Lipinski definition) is 0. The Morgan fingerprint density at radius 1 is 0.429 bits per heavy atom. The van der Waals surface area contributed by atoms with Gasteiger partial charge in [0.15, 0.2) is 0 Å². The van der Waals surface area contributed by atoms with Gasteiger partial charge in [-0.25, -0.2) is 0 Å². The Hall–Kier alpha value is -0.520. The van der Waals surface area contributed by atoms with E-state index < -0.39 is 0 Å². The highest BCUT2D eigenvalue weighted by Gasteiger charge is 2.38. The number of hydrogen-bond donors (Lipinski definition) is 0. The summed E-state index contributed by atoms with van der Waals surface area (Å²) in [5.74, 6) is 0. The van der Waals surface area contributed by atoms with Crippen molar-refractivity contribution >= 4 is 0 Å². The van der Waals surface area contributed by atoms with Crippen LogP contribution in [0.1, 0.15) is 195 Å². The highest BCUT2D eigenvalue weighted by atomic mass is 14.4. The van der Waals surface area contributed by atoms with Gasteiger partial charge in [0.05, 0.1) is 0 Å². The first-order chi connectivity index (χ1) is 17.2. The Morgan fingerprint density at radius 2 is 0.829 bits per heavy atom. The van der Waals surface area contributed by atoms with Crippen molar-refractivity contribution in [3.05, 3.63) is 22.8 Å². The second-order valence-corrected chi connectivity index (χ2v) is 11.7. The van der Waals surface area contributed by atoms with E-state index in [-0.39, 0.29) is 5.41 Å². The minimum absolute atomic E-state index is 0.286. The molecule has 1 radical (unpaired) electrons. The smallest absolute Gasteiger partial charge is 0.0173 e. The standard InChI is InChI=1S/C35H65/c1-6-11-16-21-26-32-31-35(29-24-19-14-9-4,30-25-20-15-10-5)34(28-23-18-13-8-3)33(32)27-22-17-12-7-2/h6-30H2,1-5H3. The molecule has 1 aliphatic rings. The lowest BCUT2D eigenvalue weighted by Gasteiger charge is -2.32. The van der Waals surface area contributed by atoms with Gasteiger partial charge in [-0.05, 0) is 68.6 Å². The summed E-state index contributed by atoms with van der Waals surface area (Å²) in [6.45, 7) is 11.7. The molecule has 0 fully saturated rings. The molecule has 0 bridgehead atoms.